The Kier molecular flexibility index (Phi) is 5.46. The Morgan fingerprint density at radius 2 is 2.19 bits per heavy atom. The van der Waals surface area contributed by atoms with Crippen LogP contribution in [-0.4, -0.2) is 27.4 Å². The summed E-state index contributed by atoms with van der Waals surface area (Å²) in [6.07, 6.45) is 4.95. The zero-order chi connectivity index (χ0) is 12.0. The molecule has 16 heavy (non-hydrogen) atoms. The third-order valence-corrected chi connectivity index (χ3v) is 2.67. The highest BCUT2D eigenvalue weighted by Crippen LogP contribution is 2.09. The molecule has 1 N–H and O–H groups in total. The quantitative estimate of drug-likeness (QED) is 0.767. The average Bonchev–Trinajstić information content (AvgIpc) is 2.60. The third kappa shape index (κ3) is 4.31. The Labute approximate surface area is 98.5 Å². The summed E-state index contributed by atoms with van der Waals surface area (Å²) in [6.45, 7) is 7.80. The van der Waals surface area contributed by atoms with Crippen molar-refractivity contribution in [1.29, 1.82) is 0 Å². The van der Waals surface area contributed by atoms with E-state index in [1.807, 2.05) is 11.7 Å². The second-order valence-corrected chi connectivity index (χ2v) is 4.78. The van der Waals surface area contributed by atoms with Crippen molar-refractivity contribution in [2.45, 2.75) is 46.1 Å². The van der Waals surface area contributed by atoms with E-state index in [2.05, 4.69) is 36.2 Å². The van der Waals surface area contributed by atoms with Crippen molar-refractivity contribution in [3.8, 4) is 0 Å². The lowest BCUT2D eigenvalue weighted by molar-refractivity contribution is 0.406. The highest BCUT2D eigenvalue weighted by molar-refractivity contribution is 4.89. The smallest absolute Gasteiger partial charge is 0.138 e. The number of nitrogens with one attached hydrogen (secondary N) is 1. The fraction of sp³-hybridized carbons (Fsp3) is 0.833. The maximum atomic E-state index is 4.28. The van der Waals surface area contributed by atoms with Crippen LogP contribution in [0.5, 0.6) is 0 Å². The SMILES string of the molecule is CCCNC(Cc1ncnn1C)CC(C)C. The van der Waals surface area contributed by atoms with Gasteiger partial charge in [-0.25, -0.2) is 4.98 Å². The van der Waals surface area contributed by atoms with Gasteiger partial charge in [-0.3, -0.25) is 4.68 Å². The molecule has 0 aliphatic heterocycles. The molecule has 0 radical (unpaired) electrons. The zero-order valence-corrected chi connectivity index (χ0v) is 10.9. The van der Waals surface area contributed by atoms with Gasteiger partial charge >= 0.3 is 0 Å². The first-order valence-electron chi connectivity index (χ1n) is 6.19. The molecule has 0 saturated carbocycles. The summed E-state index contributed by atoms with van der Waals surface area (Å²) in [4.78, 5) is 4.28. The van der Waals surface area contributed by atoms with E-state index < -0.39 is 0 Å². The third-order valence-electron chi connectivity index (χ3n) is 2.67. The molecule has 4 nitrogen and oxygen atoms in total. The molecule has 4 heteroatoms. The fourth-order valence-corrected chi connectivity index (χ4v) is 1.88. The van der Waals surface area contributed by atoms with Crippen molar-refractivity contribution in [3.05, 3.63) is 12.2 Å². The van der Waals surface area contributed by atoms with E-state index in [0.717, 1.165) is 18.8 Å². The minimum Gasteiger partial charge on any atom is -0.314 e. The van der Waals surface area contributed by atoms with Gasteiger partial charge in [0.1, 0.15) is 12.2 Å². The van der Waals surface area contributed by atoms with Crippen LogP contribution < -0.4 is 5.32 Å². The number of rotatable bonds is 7. The normalized spacial score (nSPS) is 13.3. The Morgan fingerprint density at radius 1 is 1.44 bits per heavy atom. The molecule has 0 aromatic carbocycles. The van der Waals surface area contributed by atoms with E-state index in [1.165, 1.54) is 12.8 Å². The zero-order valence-electron chi connectivity index (χ0n) is 10.9. The van der Waals surface area contributed by atoms with Gasteiger partial charge in [0, 0.05) is 19.5 Å². The van der Waals surface area contributed by atoms with Crippen LogP contribution in [0.25, 0.3) is 0 Å². The van der Waals surface area contributed by atoms with Gasteiger partial charge < -0.3 is 5.32 Å². The molecule has 0 bridgehead atoms. The van der Waals surface area contributed by atoms with Crippen LogP contribution in [0.4, 0.5) is 0 Å². The number of aromatic nitrogens is 3. The summed E-state index contributed by atoms with van der Waals surface area (Å²) in [5.74, 6) is 1.77. The molecule has 0 aliphatic rings. The first kappa shape index (κ1) is 13.2. The molecule has 0 aliphatic carbocycles. The molecule has 0 saturated heterocycles. The molecule has 1 aromatic rings. The van der Waals surface area contributed by atoms with Crippen LogP contribution >= 0.6 is 0 Å². The lowest BCUT2D eigenvalue weighted by Crippen LogP contribution is -2.34. The molecule has 0 spiro atoms. The van der Waals surface area contributed by atoms with Gasteiger partial charge in [-0.2, -0.15) is 5.10 Å². The van der Waals surface area contributed by atoms with Gasteiger partial charge in [0.25, 0.3) is 0 Å². The topological polar surface area (TPSA) is 42.7 Å². The number of aryl methyl sites for hydroxylation is 1. The summed E-state index contributed by atoms with van der Waals surface area (Å²) >= 11 is 0. The molecule has 1 rings (SSSR count). The second-order valence-electron chi connectivity index (χ2n) is 4.78. The molecular weight excluding hydrogens is 200 g/mol. The van der Waals surface area contributed by atoms with Gasteiger partial charge in [0.2, 0.25) is 0 Å². The Bertz CT molecular complexity index is 293. The highest BCUT2D eigenvalue weighted by Gasteiger charge is 2.13. The molecule has 0 fully saturated rings. The Balaban J connectivity index is 2.52. The van der Waals surface area contributed by atoms with E-state index in [0.29, 0.717) is 12.0 Å². The van der Waals surface area contributed by atoms with Crippen molar-refractivity contribution in [1.82, 2.24) is 20.1 Å². The van der Waals surface area contributed by atoms with E-state index >= 15 is 0 Å². The summed E-state index contributed by atoms with van der Waals surface area (Å²) in [5, 5.41) is 7.69. The Hall–Kier alpha value is -0.900. The minimum atomic E-state index is 0.517. The van der Waals surface area contributed by atoms with E-state index in [9.17, 15) is 0 Å². The maximum absolute atomic E-state index is 4.28. The van der Waals surface area contributed by atoms with E-state index in [4.69, 9.17) is 0 Å². The first-order valence-corrected chi connectivity index (χ1v) is 6.19. The molecule has 92 valence electrons. The van der Waals surface area contributed by atoms with Crippen LogP contribution in [0, 0.1) is 5.92 Å². The van der Waals surface area contributed by atoms with Gasteiger partial charge in [0.05, 0.1) is 0 Å². The lowest BCUT2D eigenvalue weighted by Gasteiger charge is -2.19. The number of hydrogen-bond donors (Lipinski definition) is 1. The largest absolute Gasteiger partial charge is 0.314 e. The predicted octanol–water partition coefficient (Wildman–Crippen LogP) is 1.77. The highest BCUT2D eigenvalue weighted by atomic mass is 15.3. The monoisotopic (exact) mass is 224 g/mol. The summed E-state index contributed by atoms with van der Waals surface area (Å²) < 4.78 is 1.86. The maximum Gasteiger partial charge on any atom is 0.138 e. The lowest BCUT2D eigenvalue weighted by atomic mass is 10.0. The fourth-order valence-electron chi connectivity index (χ4n) is 1.88. The van der Waals surface area contributed by atoms with Gasteiger partial charge in [-0.1, -0.05) is 20.8 Å². The van der Waals surface area contributed by atoms with Crippen LogP contribution in [0.2, 0.25) is 0 Å². The van der Waals surface area contributed by atoms with Gasteiger partial charge in [-0.05, 0) is 25.3 Å². The molecule has 1 aromatic heterocycles. The molecule has 1 atom stereocenters. The summed E-state index contributed by atoms with van der Waals surface area (Å²) in [6, 6.07) is 0.517. The standard InChI is InChI=1S/C12H24N4/c1-5-6-13-11(7-10(2)3)8-12-14-9-15-16(12)4/h9-11,13H,5-8H2,1-4H3. The number of hydrogen-bond acceptors (Lipinski definition) is 3. The van der Waals surface area contributed by atoms with Crippen LogP contribution in [0.3, 0.4) is 0 Å². The predicted molar refractivity (Wildman–Crippen MR) is 66.2 cm³/mol. The van der Waals surface area contributed by atoms with Gasteiger partial charge in [-0.15, -0.1) is 0 Å². The van der Waals surface area contributed by atoms with Crippen molar-refractivity contribution in [2.24, 2.45) is 13.0 Å². The van der Waals surface area contributed by atoms with Crippen LogP contribution in [-0.2, 0) is 13.5 Å². The summed E-state index contributed by atoms with van der Waals surface area (Å²) in [5.41, 5.74) is 0. The van der Waals surface area contributed by atoms with Gasteiger partial charge in [0.15, 0.2) is 0 Å². The second kappa shape index (κ2) is 6.63. The molecule has 1 unspecified atom stereocenters. The minimum absolute atomic E-state index is 0.517. The first-order chi connectivity index (χ1) is 7.63. The van der Waals surface area contributed by atoms with Crippen molar-refractivity contribution >= 4 is 0 Å². The number of nitrogens with zero attached hydrogens (tertiary/aromatic N) is 3. The summed E-state index contributed by atoms with van der Waals surface area (Å²) in [7, 11) is 1.95. The van der Waals surface area contributed by atoms with E-state index in [-0.39, 0.29) is 0 Å². The molecule has 1 heterocycles. The van der Waals surface area contributed by atoms with Crippen molar-refractivity contribution in [2.75, 3.05) is 6.54 Å². The van der Waals surface area contributed by atoms with Crippen LogP contribution in [0.1, 0.15) is 39.4 Å². The van der Waals surface area contributed by atoms with E-state index in [1.54, 1.807) is 6.33 Å². The molecule has 0 amide bonds. The van der Waals surface area contributed by atoms with Crippen molar-refractivity contribution < 1.29 is 0 Å². The van der Waals surface area contributed by atoms with Crippen molar-refractivity contribution in [3.63, 3.8) is 0 Å². The Morgan fingerprint density at radius 3 is 2.69 bits per heavy atom. The molecular formula is C12H24N4. The average molecular weight is 224 g/mol. The van der Waals surface area contributed by atoms with Crippen LogP contribution in [0.15, 0.2) is 6.33 Å².